The van der Waals surface area contributed by atoms with Crippen LogP contribution in [0.25, 0.3) is 0 Å². The predicted octanol–water partition coefficient (Wildman–Crippen LogP) is 1.40. The third kappa shape index (κ3) is 4.10. The number of nitrogens with zero attached hydrogens (tertiary/aromatic N) is 1. The Labute approximate surface area is 122 Å². The molecular weight excluding hydrogens is 297 g/mol. The summed E-state index contributed by atoms with van der Waals surface area (Å²) in [6.07, 6.45) is 1.35. The first-order valence-electron chi connectivity index (χ1n) is 6.41. The lowest BCUT2D eigenvalue weighted by atomic mass is 10.2. The van der Waals surface area contributed by atoms with Crippen LogP contribution in [0.1, 0.15) is 18.2 Å². The summed E-state index contributed by atoms with van der Waals surface area (Å²) in [5, 5.41) is 6.64. The van der Waals surface area contributed by atoms with E-state index in [1.807, 2.05) is 6.92 Å². The molecule has 2 N–H and O–H groups in total. The summed E-state index contributed by atoms with van der Waals surface area (Å²) >= 11 is 0. The second-order valence-electron chi connectivity index (χ2n) is 4.35. The van der Waals surface area contributed by atoms with Crippen molar-refractivity contribution >= 4 is 10.0 Å². The fourth-order valence-electron chi connectivity index (χ4n) is 1.76. The first-order chi connectivity index (χ1) is 10.0. The van der Waals surface area contributed by atoms with Gasteiger partial charge < -0.3 is 9.84 Å². The van der Waals surface area contributed by atoms with E-state index in [9.17, 15) is 12.8 Å². The average molecular weight is 313 g/mol. The fourth-order valence-corrected chi connectivity index (χ4v) is 3.01. The van der Waals surface area contributed by atoms with Crippen LogP contribution < -0.4 is 10.0 Å². The van der Waals surface area contributed by atoms with Crippen molar-refractivity contribution in [2.24, 2.45) is 0 Å². The van der Waals surface area contributed by atoms with Gasteiger partial charge in [-0.05, 0) is 24.2 Å². The molecule has 0 saturated carbocycles. The maximum Gasteiger partial charge on any atom is 0.241 e. The molecule has 1 aromatic heterocycles. The topological polar surface area (TPSA) is 84.2 Å². The van der Waals surface area contributed by atoms with Gasteiger partial charge in [-0.3, -0.25) is 0 Å². The molecule has 0 radical (unpaired) electrons. The number of hydrogen-bond acceptors (Lipinski definition) is 5. The highest BCUT2D eigenvalue weighted by Gasteiger charge is 2.19. The number of nitrogens with one attached hydrogen (secondary N) is 2. The normalized spacial score (nSPS) is 11.7. The van der Waals surface area contributed by atoms with Crippen LogP contribution in [0.15, 0.2) is 39.9 Å². The van der Waals surface area contributed by atoms with Crippen LogP contribution >= 0.6 is 0 Å². The molecular formula is C13H16FN3O3S. The lowest BCUT2D eigenvalue weighted by molar-refractivity contribution is 0.411. The van der Waals surface area contributed by atoms with Crippen molar-refractivity contribution in [3.8, 4) is 0 Å². The summed E-state index contributed by atoms with van der Waals surface area (Å²) in [6, 6.07) is 5.26. The zero-order chi connectivity index (χ0) is 15.3. The largest absolute Gasteiger partial charge is 0.364 e. The molecule has 21 heavy (non-hydrogen) atoms. The molecule has 0 aliphatic heterocycles. The van der Waals surface area contributed by atoms with Gasteiger partial charge in [0.25, 0.3) is 0 Å². The Hall–Kier alpha value is -1.77. The Balaban J connectivity index is 2.23. The van der Waals surface area contributed by atoms with E-state index >= 15 is 0 Å². The monoisotopic (exact) mass is 313 g/mol. The van der Waals surface area contributed by atoms with E-state index in [2.05, 4.69) is 19.7 Å². The number of benzene rings is 1. The maximum atomic E-state index is 13.4. The number of rotatable bonds is 7. The van der Waals surface area contributed by atoms with Crippen molar-refractivity contribution in [2.75, 3.05) is 6.54 Å². The molecule has 0 spiro atoms. The third-order valence-electron chi connectivity index (χ3n) is 2.82. The predicted molar refractivity (Wildman–Crippen MR) is 74.3 cm³/mol. The Bertz CT molecular complexity index is 687. The smallest absolute Gasteiger partial charge is 0.241 e. The maximum absolute atomic E-state index is 13.4. The first-order valence-corrected chi connectivity index (χ1v) is 7.89. The van der Waals surface area contributed by atoms with Gasteiger partial charge in [0.2, 0.25) is 10.0 Å². The number of halogens is 1. The molecule has 8 heteroatoms. The summed E-state index contributed by atoms with van der Waals surface area (Å²) in [5.74, 6) is -0.600. The van der Waals surface area contributed by atoms with Gasteiger partial charge in [0.05, 0.1) is 17.1 Å². The molecule has 2 aromatic rings. The van der Waals surface area contributed by atoms with E-state index in [4.69, 9.17) is 0 Å². The van der Waals surface area contributed by atoms with Gasteiger partial charge in [0.15, 0.2) is 0 Å². The van der Waals surface area contributed by atoms with Gasteiger partial charge >= 0.3 is 0 Å². The minimum atomic E-state index is -3.83. The average Bonchev–Trinajstić information content (AvgIpc) is 2.97. The second kappa shape index (κ2) is 6.79. The molecule has 0 fully saturated rings. The molecule has 2 rings (SSSR count). The van der Waals surface area contributed by atoms with Crippen molar-refractivity contribution < 1.29 is 17.3 Å². The highest BCUT2D eigenvalue weighted by Crippen LogP contribution is 2.17. The summed E-state index contributed by atoms with van der Waals surface area (Å²) in [5.41, 5.74) is 0.953. The van der Waals surface area contributed by atoms with Crippen LogP contribution in [0.3, 0.4) is 0 Å². The van der Waals surface area contributed by atoms with E-state index < -0.39 is 15.8 Å². The molecule has 0 atom stereocenters. The van der Waals surface area contributed by atoms with Gasteiger partial charge in [-0.1, -0.05) is 18.1 Å². The van der Waals surface area contributed by atoms with Crippen LogP contribution in [0.2, 0.25) is 0 Å². The molecule has 114 valence electrons. The first kappa shape index (κ1) is 15.6. The van der Waals surface area contributed by atoms with E-state index in [0.717, 1.165) is 6.07 Å². The SMILES string of the molecule is CCNCc1ccc(F)cc1S(=O)(=O)NCc1ccon1. The van der Waals surface area contributed by atoms with Gasteiger partial charge in [-0.2, -0.15) is 0 Å². The second-order valence-corrected chi connectivity index (χ2v) is 6.08. The molecule has 0 saturated heterocycles. The Morgan fingerprint density at radius 1 is 1.29 bits per heavy atom. The molecule has 0 aliphatic carbocycles. The quantitative estimate of drug-likeness (QED) is 0.807. The van der Waals surface area contributed by atoms with Crippen LogP contribution in [0.5, 0.6) is 0 Å². The summed E-state index contributed by atoms with van der Waals surface area (Å²) < 4.78 is 45.0. The van der Waals surface area contributed by atoms with Gasteiger partial charge in [-0.25, -0.2) is 17.5 Å². The van der Waals surface area contributed by atoms with Crippen molar-refractivity contribution in [3.63, 3.8) is 0 Å². The summed E-state index contributed by atoms with van der Waals surface area (Å²) in [4.78, 5) is -0.0769. The van der Waals surface area contributed by atoms with E-state index in [1.165, 1.54) is 18.4 Å². The minimum Gasteiger partial charge on any atom is -0.364 e. The van der Waals surface area contributed by atoms with Crippen LogP contribution in [0, 0.1) is 5.82 Å². The standard InChI is InChI=1S/C13H16FN3O3S/c1-2-15-8-10-3-4-11(14)7-13(10)21(18,19)16-9-12-5-6-20-17-12/h3-7,15-16H,2,8-9H2,1H3. The van der Waals surface area contributed by atoms with Crippen LogP contribution in [0.4, 0.5) is 4.39 Å². The fraction of sp³-hybridized carbons (Fsp3) is 0.308. The van der Waals surface area contributed by atoms with E-state index in [1.54, 1.807) is 6.07 Å². The van der Waals surface area contributed by atoms with Gasteiger partial charge in [0, 0.05) is 12.6 Å². The molecule has 6 nitrogen and oxygen atoms in total. The molecule has 0 bridgehead atoms. The van der Waals surface area contributed by atoms with Crippen molar-refractivity contribution in [1.29, 1.82) is 0 Å². The molecule has 0 amide bonds. The van der Waals surface area contributed by atoms with E-state index in [-0.39, 0.29) is 11.4 Å². The lowest BCUT2D eigenvalue weighted by Gasteiger charge is -2.11. The molecule has 1 aromatic carbocycles. The highest BCUT2D eigenvalue weighted by atomic mass is 32.2. The third-order valence-corrected chi connectivity index (χ3v) is 4.30. The van der Waals surface area contributed by atoms with Crippen molar-refractivity contribution in [2.45, 2.75) is 24.9 Å². The van der Waals surface area contributed by atoms with Crippen molar-refractivity contribution in [3.05, 3.63) is 47.6 Å². The Morgan fingerprint density at radius 2 is 2.10 bits per heavy atom. The van der Waals surface area contributed by atoms with Gasteiger partial charge in [0.1, 0.15) is 12.1 Å². The lowest BCUT2D eigenvalue weighted by Crippen LogP contribution is -2.26. The Kier molecular flexibility index (Phi) is 5.05. The number of sulfonamides is 1. The van der Waals surface area contributed by atoms with Crippen LogP contribution in [-0.2, 0) is 23.1 Å². The Morgan fingerprint density at radius 3 is 2.76 bits per heavy atom. The highest BCUT2D eigenvalue weighted by molar-refractivity contribution is 7.89. The molecule has 0 unspecified atom stereocenters. The zero-order valence-corrected chi connectivity index (χ0v) is 12.3. The number of hydrogen-bond donors (Lipinski definition) is 2. The van der Waals surface area contributed by atoms with Gasteiger partial charge in [-0.15, -0.1) is 0 Å². The van der Waals surface area contributed by atoms with Crippen LogP contribution in [-0.4, -0.2) is 20.1 Å². The minimum absolute atomic E-state index is 0.0179. The summed E-state index contributed by atoms with van der Waals surface area (Å²) in [6.45, 7) is 2.91. The van der Waals surface area contributed by atoms with Crippen molar-refractivity contribution in [1.82, 2.24) is 15.2 Å². The zero-order valence-electron chi connectivity index (χ0n) is 11.5. The molecule has 0 aliphatic rings. The van der Waals surface area contributed by atoms with E-state index in [0.29, 0.717) is 24.3 Å². The molecule has 1 heterocycles. The summed E-state index contributed by atoms with van der Waals surface area (Å²) in [7, 11) is -3.83. The number of aromatic nitrogens is 1.